The summed E-state index contributed by atoms with van der Waals surface area (Å²) in [5.41, 5.74) is 3.07. The molecule has 6 heteroatoms. The highest BCUT2D eigenvalue weighted by molar-refractivity contribution is 5.99. The predicted molar refractivity (Wildman–Crippen MR) is 114 cm³/mol. The molecule has 3 rings (SSSR count). The summed E-state index contributed by atoms with van der Waals surface area (Å²) in [4.78, 5) is 26.1. The van der Waals surface area contributed by atoms with Crippen LogP contribution in [0.2, 0.25) is 0 Å². The van der Waals surface area contributed by atoms with Crippen molar-refractivity contribution in [2.75, 3.05) is 12.4 Å². The summed E-state index contributed by atoms with van der Waals surface area (Å²) < 4.78 is 16.6. The second kappa shape index (κ2) is 8.86. The van der Waals surface area contributed by atoms with Gasteiger partial charge >= 0.3 is 5.97 Å². The molecule has 156 valence electrons. The Morgan fingerprint density at radius 3 is 2.27 bits per heavy atom. The number of furan rings is 1. The van der Waals surface area contributed by atoms with E-state index in [1.807, 2.05) is 19.1 Å². The van der Waals surface area contributed by atoms with Gasteiger partial charge in [-0.25, -0.2) is 4.79 Å². The maximum absolute atomic E-state index is 13.2. The van der Waals surface area contributed by atoms with Gasteiger partial charge in [0.2, 0.25) is 6.10 Å². The van der Waals surface area contributed by atoms with E-state index in [4.69, 9.17) is 13.9 Å². The van der Waals surface area contributed by atoms with Crippen LogP contribution in [0.15, 0.2) is 52.9 Å². The molecule has 3 aromatic rings. The molecule has 1 aromatic heterocycles. The van der Waals surface area contributed by atoms with Crippen LogP contribution >= 0.6 is 0 Å². The molecule has 30 heavy (non-hydrogen) atoms. The second-order valence-electron chi connectivity index (χ2n) is 7.10. The number of anilines is 1. The van der Waals surface area contributed by atoms with Crippen LogP contribution in [0.3, 0.4) is 0 Å². The third-order valence-electron chi connectivity index (χ3n) is 4.94. The number of rotatable bonds is 6. The Balaban J connectivity index is 1.93. The van der Waals surface area contributed by atoms with E-state index >= 15 is 0 Å². The first-order chi connectivity index (χ1) is 14.3. The van der Waals surface area contributed by atoms with Crippen LogP contribution in [-0.4, -0.2) is 19.0 Å². The number of ether oxygens (including phenoxy) is 2. The first-order valence-electron chi connectivity index (χ1n) is 9.59. The monoisotopic (exact) mass is 407 g/mol. The van der Waals surface area contributed by atoms with E-state index < -0.39 is 18.0 Å². The molecule has 0 bridgehead atoms. The lowest BCUT2D eigenvalue weighted by Gasteiger charge is -2.19. The summed E-state index contributed by atoms with van der Waals surface area (Å²) >= 11 is 0. The molecule has 1 amide bonds. The number of benzene rings is 2. The highest BCUT2D eigenvalue weighted by Crippen LogP contribution is 2.29. The van der Waals surface area contributed by atoms with Crippen LogP contribution in [0.25, 0.3) is 0 Å². The Morgan fingerprint density at radius 1 is 0.967 bits per heavy atom. The minimum atomic E-state index is -1.14. The van der Waals surface area contributed by atoms with Crippen LogP contribution in [0.4, 0.5) is 5.69 Å². The third kappa shape index (κ3) is 4.38. The zero-order valence-electron chi connectivity index (χ0n) is 17.7. The third-order valence-corrected chi connectivity index (χ3v) is 4.94. The summed E-state index contributed by atoms with van der Waals surface area (Å²) in [5, 5.41) is 2.83. The van der Waals surface area contributed by atoms with Crippen LogP contribution in [0.1, 0.15) is 44.7 Å². The SMILES string of the molecule is COc1ccc(C)cc1NC(=O)[C@H](OC(=O)c1c(C)oc(C)c1C)c1ccccc1. The Bertz CT molecular complexity index is 1070. The normalized spacial score (nSPS) is 11.6. The van der Waals surface area contributed by atoms with Crippen molar-refractivity contribution < 1.29 is 23.5 Å². The first kappa shape index (κ1) is 21.2. The predicted octanol–water partition coefficient (Wildman–Crippen LogP) is 5.06. The Kier molecular flexibility index (Phi) is 6.26. The lowest BCUT2D eigenvalue weighted by molar-refractivity contribution is -0.125. The molecule has 0 saturated heterocycles. The molecule has 0 saturated carbocycles. The highest BCUT2D eigenvalue weighted by Gasteiger charge is 2.29. The van der Waals surface area contributed by atoms with Gasteiger partial charge in [0, 0.05) is 11.1 Å². The second-order valence-corrected chi connectivity index (χ2v) is 7.10. The van der Waals surface area contributed by atoms with Gasteiger partial charge in [0.05, 0.1) is 12.8 Å². The summed E-state index contributed by atoms with van der Waals surface area (Å²) in [6.45, 7) is 7.19. The smallest absolute Gasteiger partial charge is 0.343 e. The standard InChI is InChI=1S/C24H25NO5/c1-14-11-12-20(28-5)19(13-14)25-23(26)22(18-9-7-6-8-10-18)30-24(27)21-15(2)16(3)29-17(21)4/h6-13,22H,1-5H3,(H,25,26)/t22-/m1/s1. The van der Waals surface area contributed by atoms with E-state index in [1.54, 1.807) is 57.2 Å². The number of carbonyl (C=O) groups excluding carboxylic acids is 2. The van der Waals surface area contributed by atoms with Crippen molar-refractivity contribution in [1.29, 1.82) is 0 Å². The quantitative estimate of drug-likeness (QED) is 0.578. The zero-order chi connectivity index (χ0) is 21.8. The lowest BCUT2D eigenvalue weighted by atomic mass is 10.1. The first-order valence-corrected chi connectivity index (χ1v) is 9.59. The van der Waals surface area contributed by atoms with Gasteiger partial charge in [0.25, 0.3) is 5.91 Å². The summed E-state index contributed by atoms with van der Waals surface area (Å²) in [6, 6.07) is 14.3. The number of hydrogen-bond acceptors (Lipinski definition) is 5. The maximum Gasteiger partial charge on any atom is 0.343 e. The van der Waals surface area contributed by atoms with Gasteiger partial charge in [0.1, 0.15) is 22.8 Å². The number of amides is 1. The number of carbonyl (C=O) groups is 2. The van der Waals surface area contributed by atoms with Gasteiger partial charge in [-0.1, -0.05) is 36.4 Å². The molecule has 6 nitrogen and oxygen atoms in total. The number of aryl methyl sites for hydroxylation is 3. The number of esters is 1. The Labute approximate surface area is 175 Å². The Morgan fingerprint density at radius 2 is 1.67 bits per heavy atom. The van der Waals surface area contributed by atoms with Crippen LogP contribution in [0, 0.1) is 27.7 Å². The fourth-order valence-corrected chi connectivity index (χ4v) is 3.28. The number of methoxy groups -OCH3 is 1. The van der Waals surface area contributed by atoms with Crippen molar-refractivity contribution in [2.24, 2.45) is 0 Å². The number of hydrogen-bond donors (Lipinski definition) is 1. The largest absolute Gasteiger partial charge is 0.495 e. The van der Waals surface area contributed by atoms with Crippen molar-refractivity contribution in [3.8, 4) is 5.75 Å². The van der Waals surface area contributed by atoms with Gasteiger partial charge in [-0.2, -0.15) is 0 Å². The highest BCUT2D eigenvalue weighted by atomic mass is 16.5. The topological polar surface area (TPSA) is 77.8 Å². The lowest BCUT2D eigenvalue weighted by Crippen LogP contribution is -2.26. The molecule has 1 atom stereocenters. The fraction of sp³-hybridized carbons (Fsp3) is 0.250. The average Bonchev–Trinajstić information content (AvgIpc) is 2.98. The van der Waals surface area contributed by atoms with Crippen molar-refractivity contribution in [1.82, 2.24) is 0 Å². The molecule has 1 N–H and O–H groups in total. The molecule has 1 heterocycles. The van der Waals surface area contributed by atoms with E-state index in [0.29, 0.717) is 39.6 Å². The van der Waals surface area contributed by atoms with Gasteiger partial charge < -0.3 is 19.2 Å². The van der Waals surface area contributed by atoms with Crippen molar-refractivity contribution in [3.05, 3.63) is 82.3 Å². The maximum atomic E-state index is 13.2. The molecule has 0 aliphatic rings. The Hall–Kier alpha value is -3.54. The van der Waals surface area contributed by atoms with Crippen molar-refractivity contribution in [2.45, 2.75) is 33.8 Å². The van der Waals surface area contributed by atoms with Crippen LogP contribution in [-0.2, 0) is 9.53 Å². The van der Waals surface area contributed by atoms with E-state index in [0.717, 1.165) is 5.56 Å². The molecule has 0 aliphatic heterocycles. The van der Waals surface area contributed by atoms with E-state index in [1.165, 1.54) is 7.11 Å². The summed E-state index contributed by atoms with van der Waals surface area (Å²) in [5.74, 6) is 0.535. The van der Waals surface area contributed by atoms with Gasteiger partial charge in [0.15, 0.2) is 0 Å². The van der Waals surface area contributed by atoms with E-state index in [9.17, 15) is 9.59 Å². The van der Waals surface area contributed by atoms with Crippen LogP contribution < -0.4 is 10.1 Å². The minimum absolute atomic E-state index is 0.342. The molecular weight excluding hydrogens is 382 g/mol. The molecule has 0 spiro atoms. The molecule has 0 radical (unpaired) electrons. The van der Waals surface area contributed by atoms with Gasteiger partial charge in [-0.15, -0.1) is 0 Å². The van der Waals surface area contributed by atoms with Gasteiger partial charge in [-0.05, 0) is 45.4 Å². The molecule has 0 unspecified atom stereocenters. The summed E-state index contributed by atoms with van der Waals surface area (Å²) in [7, 11) is 1.53. The van der Waals surface area contributed by atoms with Crippen molar-refractivity contribution in [3.63, 3.8) is 0 Å². The average molecular weight is 407 g/mol. The van der Waals surface area contributed by atoms with Gasteiger partial charge in [-0.3, -0.25) is 4.79 Å². The van der Waals surface area contributed by atoms with Crippen molar-refractivity contribution >= 4 is 17.6 Å². The fourth-order valence-electron chi connectivity index (χ4n) is 3.28. The molecule has 0 fully saturated rings. The van der Waals surface area contributed by atoms with Crippen LogP contribution in [0.5, 0.6) is 5.75 Å². The zero-order valence-corrected chi connectivity index (χ0v) is 17.7. The van der Waals surface area contributed by atoms with E-state index in [2.05, 4.69) is 5.32 Å². The minimum Gasteiger partial charge on any atom is -0.495 e. The number of nitrogens with one attached hydrogen (secondary N) is 1. The molecule has 0 aliphatic carbocycles. The van der Waals surface area contributed by atoms with E-state index in [-0.39, 0.29) is 0 Å². The molecule has 2 aromatic carbocycles. The summed E-state index contributed by atoms with van der Waals surface area (Å²) in [6.07, 6.45) is -1.14. The molecular formula is C24H25NO5.